The van der Waals surface area contributed by atoms with Crippen LogP contribution in [0.15, 0.2) is 18.6 Å². The summed E-state index contributed by atoms with van der Waals surface area (Å²) in [6.45, 7) is 2.48. The second-order valence-corrected chi connectivity index (χ2v) is 5.85. The molecule has 0 aliphatic carbocycles. The van der Waals surface area contributed by atoms with Crippen molar-refractivity contribution in [2.45, 2.75) is 31.0 Å². The molecule has 0 radical (unpaired) electrons. The number of nitrogens with zero attached hydrogens (tertiary/aromatic N) is 3. The Morgan fingerprint density at radius 3 is 3.00 bits per heavy atom. The van der Waals surface area contributed by atoms with Crippen LogP contribution in [0.3, 0.4) is 0 Å². The molecule has 0 aromatic carbocycles. The number of aromatic nitrogens is 2. The number of likely N-dealkylation sites (N-methyl/N-ethyl adjacent to an activating group) is 1. The third-order valence-electron chi connectivity index (χ3n) is 4.45. The molecule has 22 heavy (non-hydrogen) atoms. The molecule has 1 aromatic heterocycles. The largest absolute Gasteiger partial charge is 0.372 e. The number of anilines is 1. The first-order valence-electron chi connectivity index (χ1n) is 7.68. The maximum Gasteiger partial charge on any atom is 0.245 e. The molecule has 2 fully saturated rings. The molecule has 1 amide bonds. The zero-order chi connectivity index (χ0) is 15.4. The fourth-order valence-corrected chi connectivity index (χ4v) is 3.12. The molecule has 3 heterocycles. The van der Waals surface area contributed by atoms with Crippen molar-refractivity contribution in [3.63, 3.8) is 0 Å². The van der Waals surface area contributed by atoms with E-state index in [-0.39, 0.29) is 24.2 Å². The predicted molar refractivity (Wildman–Crippen MR) is 80.6 cm³/mol. The van der Waals surface area contributed by atoms with Gasteiger partial charge in [-0.3, -0.25) is 9.78 Å². The monoisotopic (exact) mass is 306 g/mol. The number of rotatable bonds is 4. The van der Waals surface area contributed by atoms with Gasteiger partial charge in [0.25, 0.3) is 0 Å². The highest BCUT2D eigenvalue weighted by Gasteiger charge is 2.43. The predicted octanol–water partition coefficient (Wildman–Crippen LogP) is 0.367. The Morgan fingerprint density at radius 2 is 2.32 bits per heavy atom. The summed E-state index contributed by atoms with van der Waals surface area (Å²) < 4.78 is 11.6. The normalized spacial score (nSPS) is 23.7. The van der Waals surface area contributed by atoms with Gasteiger partial charge >= 0.3 is 0 Å². The lowest BCUT2D eigenvalue weighted by atomic mass is 9.88. The van der Waals surface area contributed by atoms with Gasteiger partial charge < -0.3 is 19.7 Å². The van der Waals surface area contributed by atoms with Crippen molar-refractivity contribution in [3.8, 4) is 0 Å². The first-order valence-corrected chi connectivity index (χ1v) is 7.68. The number of amides is 1. The van der Waals surface area contributed by atoms with Crippen molar-refractivity contribution in [1.29, 1.82) is 0 Å². The van der Waals surface area contributed by atoms with Crippen LogP contribution in [0.4, 0.5) is 5.82 Å². The smallest absolute Gasteiger partial charge is 0.245 e. The van der Waals surface area contributed by atoms with Gasteiger partial charge in [-0.05, 0) is 12.8 Å². The van der Waals surface area contributed by atoms with Crippen LogP contribution in [0.5, 0.6) is 0 Å². The summed E-state index contributed by atoms with van der Waals surface area (Å²) in [5, 5.41) is 2.56. The van der Waals surface area contributed by atoms with Crippen LogP contribution in [-0.4, -0.2) is 60.9 Å². The first kappa shape index (κ1) is 15.2. The maximum absolute atomic E-state index is 11.2. The molecular weight excluding hydrogens is 284 g/mol. The highest BCUT2D eigenvalue weighted by atomic mass is 16.6. The Kier molecular flexibility index (Phi) is 4.54. The van der Waals surface area contributed by atoms with Crippen LogP contribution < -0.4 is 10.2 Å². The molecule has 2 saturated heterocycles. The van der Waals surface area contributed by atoms with Crippen LogP contribution in [0.25, 0.3) is 0 Å². The van der Waals surface area contributed by atoms with Crippen LogP contribution in [0.2, 0.25) is 0 Å². The number of hydrogen-bond acceptors (Lipinski definition) is 6. The second kappa shape index (κ2) is 6.58. The lowest BCUT2D eigenvalue weighted by molar-refractivity contribution is -0.127. The van der Waals surface area contributed by atoms with Gasteiger partial charge in [-0.2, -0.15) is 0 Å². The van der Waals surface area contributed by atoms with Gasteiger partial charge in [0.2, 0.25) is 5.91 Å². The van der Waals surface area contributed by atoms with E-state index in [9.17, 15) is 4.79 Å². The van der Waals surface area contributed by atoms with Gasteiger partial charge in [0.1, 0.15) is 12.4 Å². The number of ether oxygens (including phenoxy) is 2. The third-order valence-corrected chi connectivity index (χ3v) is 4.45. The standard InChI is InChI=1S/C15H22N4O3/c1-16-14(20)11-21-12-8-15(22-10-12)2-6-19(7-3-15)13-9-17-4-5-18-13/h4-5,9,12H,2-3,6-8,10-11H2,1H3,(H,16,20). The molecule has 7 heteroatoms. The molecular formula is C15H22N4O3. The van der Waals surface area contributed by atoms with E-state index >= 15 is 0 Å². The van der Waals surface area contributed by atoms with Crippen molar-refractivity contribution >= 4 is 11.7 Å². The van der Waals surface area contributed by atoms with Gasteiger partial charge in [-0.15, -0.1) is 0 Å². The lowest BCUT2D eigenvalue weighted by Gasteiger charge is -2.39. The van der Waals surface area contributed by atoms with Crippen LogP contribution >= 0.6 is 0 Å². The Morgan fingerprint density at radius 1 is 1.50 bits per heavy atom. The molecule has 1 N–H and O–H groups in total. The van der Waals surface area contributed by atoms with E-state index < -0.39 is 0 Å². The molecule has 0 bridgehead atoms. The number of carbonyl (C=O) groups excluding carboxylic acids is 1. The highest BCUT2D eigenvalue weighted by Crippen LogP contribution is 2.37. The van der Waals surface area contributed by atoms with Crippen LogP contribution in [0, 0.1) is 0 Å². The number of piperidine rings is 1. The second-order valence-electron chi connectivity index (χ2n) is 5.85. The van der Waals surface area contributed by atoms with E-state index in [4.69, 9.17) is 9.47 Å². The van der Waals surface area contributed by atoms with Gasteiger partial charge in [-0.1, -0.05) is 0 Å². The molecule has 3 rings (SSSR count). The molecule has 1 unspecified atom stereocenters. The van der Waals surface area contributed by atoms with Crippen LogP contribution in [0.1, 0.15) is 19.3 Å². The van der Waals surface area contributed by atoms with Crippen LogP contribution in [-0.2, 0) is 14.3 Å². The van der Waals surface area contributed by atoms with E-state index in [1.54, 1.807) is 25.6 Å². The summed E-state index contributed by atoms with van der Waals surface area (Å²) >= 11 is 0. The molecule has 0 saturated carbocycles. The van der Waals surface area contributed by atoms with Crippen molar-refractivity contribution in [2.24, 2.45) is 0 Å². The molecule has 7 nitrogen and oxygen atoms in total. The minimum atomic E-state index is -0.105. The molecule has 1 spiro atoms. The zero-order valence-corrected chi connectivity index (χ0v) is 12.8. The highest BCUT2D eigenvalue weighted by molar-refractivity contribution is 5.76. The summed E-state index contributed by atoms with van der Waals surface area (Å²) in [5.74, 6) is 0.821. The number of carbonyl (C=O) groups is 1. The molecule has 2 aliphatic heterocycles. The SMILES string of the molecule is CNC(=O)COC1COC2(CCN(c3cnccn3)CC2)C1. The summed E-state index contributed by atoms with van der Waals surface area (Å²) in [6.07, 6.45) is 7.96. The quantitative estimate of drug-likeness (QED) is 0.866. The van der Waals surface area contributed by atoms with Gasteiger partial charge in [-0.25, -0.2) is 4.98 Å². The fourth-order valence-electron chi connectivity index (χ4n) is 3.12. The summed E-state index contributed by atoms with van der Waals surface area (Å²) in [5.41, 5.74) is -0.105. The summed E-state index contributed by atoms with van der Waals surface area (Å²) in [7, 11) is 1.61. The minimum Gasteiger partial charge on any atom is -0.372 e. The lowest BCUT2D eigenvalue weighted by Crippen LogP contribution is -2.44. The van der Waals surface area contributed by atoms with Crippen molar-refractivity contribution < 1.29 is 14.3 Å². The average molecular weight is 306 g/mol. The van der Waals surface area contributed by atoms with E-state index in [2.05, 4.69) is 20.2 Å². The van der Waals surface area contributed by atoms with E-state index in [0.717, 1.165) is 38.2 Å². The topological polar surface area (TPSA) is 76.6 Å². The van der Waals surface area contributed by atoms with E-state index in [1.807, 2.05) is 0 Å². The van der Waals surface area contributed by atoms with Gasteiger partial charge in [0.15, 0.2) is 0 Å². The van der Waals surface area contributed by atoms with Gasteiger partial charge in [0, 0.05) is 39.0 Å². The first-order chi connectivity index (χ1) is 10.7. The molecule has 120 valence electrons. The number of nitrogens with one attached hydrogen (secondary N) is 1. The van der Waals surface area contributed by atoms with Crippen molar-refractivity contribution in [1.82, 2.24) is 15.3 Å². The third kappa shape index (κ3) is 3.36. The summed E-state index contributed by atoms with van der Waals surface area (Å²) in [6, 6.07) is 0. The number of hydrogen-bond donors (Lipinski definition) is 1. The zero-order valence-electron chi connectivity index (χ0n) is 12.8. The Hall–Kier alpha value is -1.73. The van der Waals surface area contributed by atoms with Gasteiger partial charge in [0.05, 0.1) is 24.5 Å². The Bertz CT molecular complexity index is 503. The average Bonchev–Trinajstić information content (AvgIpc) is 2.97. The Labute approximate surface area is 130 Å². The van der Waals surface area contributed by atoms with Crippen molar-refractivity contribution in [2.75, 3.05) is 38.3 Å². The van der Waals surface area contributed by atoms with E-state index in [1.165, 1.54) is 0 Å². The van der Waals surface area contributed by atoms with Crippen molar-refractivity contribution in [3.05, 3.63) is 18.6 Å². The molecule has 1 aromatic rings. The summed E-state index contributed by atoms with van der Waals surface area (Å²) in [4.78, 5) is 21.9. The fraction of sp³-hybridized carbons (Fsp3) is 0.667. The maximum atomic E-state index is 11.2. The minimum absolute atomic E-state index is 0.0142. The molecule has 1 atom stereocenters. The van der Waals surface area contributed by atoms with E-state index in [0.29, 0.717) is 6.61 Å². The molecule has 2 aliphatic rings. The Balaban J connectivity index is 1.50.